The summed E-state index contributed by atoms with van der Waals surface area (Å²) in [6, 6.07) is 7.13. The van der Waals surface area contributed by atoms with Crippen molar-refractivity contribution >= 4 is 5.69 Å². The quantitative estimate of drug-likeness (QED) is 0.740. The lowest BCUT2D eigenvalue weighted by molar-refractivity contribution is 0.316. The SMILES string of the molecule is CC(C)(C)c1ccc2c(c1)NCC2C1CCCCC1. The van der Waals surface area contributed by atoms with Crippen molar-refractivity contribution < 1.29 is 0 Å². The fourth-order valence-electron chi connectivity index (χ4n) is 3.79. The highest BCUT2D eigenvalue weighted by molar-refractivity contribution is 5.60. The summed E-state index contributed by atoms with van der Waals surface area (Å²) in [5, 5.41) is 3.66. The van der Waals surface area contributed by atoms with E-state index >= 15 is 0 Å². The van der Waals surface area contributed by atoms with Crippen molar-refractivity contribution in [2.24, 2.45) is 5.92 Å². The Balaban J connectivity index is 1.85. The first-order chi connectivity index (χ1) is 9.05. The van der Waals surface area contributed by atoms with E-state index < -0.39 is 0 Å². The molecule has 1 nitrogen and oxygen atoms in total. The van der Waals surface area contributed by atoms with Crippen LogP contribution in [-0.4, -0.2) is 6.54 Å². The monoisotopic (exact) mass is 257 g/mol. The number of benzene rings is 1. The lowest BCUT2D eigenvalue weighted by atomic mass is 9.77. The van der Waals surface area contributed by atoms with Crippen LogP contribution in [0.5, 0.6) is 0 Å². The molecule has 1 unspecified atom stereocenters. The van der Waals surface area contributed by atoms with Gasteiger partial charge in [0.2, 0.25) is 0 Å². The highest BCUT2D eigenvalue weighted by Gasteiger charge is 2.31. The summed E-state index contributed by atoms with van der Waals surface area (Å²) in [5.74, 6) is 1.69. The van der Waals surface area contributed by atoms with Crippen LogP contribution in [0.15, 0.2) is 18.2 Å². The minimum atomic E-state index is 0.250. The second-order valence-corrected chi connectivity index (χ2v) is 7.44. The van der Waals surface area contributed by atoms with E-state index in [9.17, 15) is 0 Å². The second-order valence-electron chi connectivity index (χ2n) is 7.44. The molecule has 1 N–H and O–H groups in total. The first-order valence-electron chi connectivity index (χ1n) is 7.94. The predicted octanol–water partition coefficient (Wildman–Crippen LogP) is 5.07. The van der Waals surface area contributed by atoms with Crippen LogP contribution in [-0.2, 0) is 5.41 Å². The van der Waals surface area contributed by atoms with Gasteiger partial charge in [-0.1, -0.05) is 52.2 Å². The zero-order valence-corrected chi connectivity index (χ0v) is 12.6. The zero-order valence-electron chi connectivity index (χ0n) is 12.6. The Hall–Kier alpha value is -0.980. The second kappa shape index (κ2) is 4.85. The fraction of sp³-hybridized carbons (Fsp3) is 0.667. The fourth-order valence-corrected chi connectivity index (χ4v) is 3.79. The number of hydrogen-bond donors (Lipinski definition) is 1. The number of fused-ring (bicyclic) bond motifs is 1. The molecular formula is C18H27N. The van der Waals surface area contributed by atoms with Crippen LogP contribution in [0, 0.1) is 5.92 Å². The molecule has 1 fully saturated rings. The third kappa shape index (κ3) is 2.52. The minimum absolute atomic E-state index is 0.250. The van der Waals surface area contributed by atoms with Gasteiger partial charge in [-0.25, -0.2) is 0 Å². The van der Waals surface area contributed by atoms with Crippen molar-refractivity contribution in [3.8, 4) is 0 Å². The van der Waals surface area contributed by atoms with Crippen molar-refractivity contribution in [2.45, 2.75) is 64.2 Å². The molecule has 1 aliphatic carbocycles. The average Bonchev–Trinajstić information content (AvgIpc) is 2.81. The van der Waals surface area contributed by atoms with Crippen molar-refractivity contribution in [3.63, 3.8) is 0 Å². The molecular weight excluding hydrogens is 230 g/mol. The van der Waals surface area contributed by atoms with Crippen LogP contribution in [0.4, 0.5) is 5.69 Å². The molecule has 0 saturated heterocycles. The highest BCUT2D eigenvalue weighted by Crippen LogP contribution is 2.43. The molecule has 1 aromatic rings. The van der Waals surface area contributed by atoms with Gasteiger partial charge in [0.25, 0.3) is 0 Å². The zero-order chi connectivity index (χ0) is 13.5. The predicted molar refractivity (Wildman–Crippen MR) is 82.9 cm³/mol. The molecule has 0 bridgehead atoms. The molecule has 1 heteroatoms. The van der Waals surface area contributed by atoms with E-state index in [2.05, 4.69) is 44.3 Å². The van der Waals surface area contributed by atoms with Crippen LogP contribution in [0.1, 0.15) is 69.9 Å². The van der Waals surface area contributed by atoms with E-state index in [1.165, 1.54) is 43.4 Å². The molecule has 1 saturated carbocycles. The Morgan fingerprint density at radius 2 is 1.79 bits per heavy atom. The Morgan fingerprint density at radius 3 is 2.47 bits per heavy atom. The van der Waals surface area contributed by atoms with E-state index in [0.29, 0.717) is 0 Å². The topological polar surface area (TPSA) is 12.0 Å². The summed E-state index contributed by atoms with van der Waals surface area (Å²) in [5.41, 5.74) is 4.69. The molecule has 2 aliphatic rings. The van der Waals surface area contributed by atoms with Crippen molar-refractivity contribution in [1.29, 1.82) is 0 Å². The molecule has 3 rings (SSSR count). The minimum Gasteiger partial charge on any atom is -0.384 e. The first-order valence-corrected chi connectivity index (χ1v) is 7.94. The Bertz CT molecular complexity index is 449. The van der Waals surface area contributed by atoms with Gasteiger partial charge in [-0.15, -0.1) is 0 Å². The summed E-state index contributed by atoms with van der Waals surface area (Å²) >= 11 is 0. The van der Waals surface area contributed by atoms with Gasteiger partial charge in [0.1, 0.15) is 0 Å². The average molecular weight is 257 g/mol. The summed E-state index contributed by atoms with van der Waals surface area (Å²) in [6.45, 7) is 8.04. The number of anilines is 1. The molecule has 19 heavy (non-hydrogen) atoms. The first kappa shape index (κ1) is 13.0. The largest absolute Gasteiger partial charge is 0.384 e. The number of nitrogens with one attached hydrogen (secondary N) is 1. The van der Waals surface area contributed by atoms with Crippen LogP contribution in [0.25, 0.3) is 0 Å². The molecule has 0 radical (unpaired) electrons. The standard InChI is InChI=1S/C18H27N/c1-18(2,3)14-9-10-15-16(12-19-17(15)11-14)13-7-5-4-6-8-13/h9-11,13,16,19H,4-8,12H2,1-3H3. The van der Waals surface area contributed by atoms with E-state index in [-0.39, 0.29) is 5.41 Å². The third-order valence-corrected chi connectivity index (χ3v) is 5.05. The smallest absolute Gasteiger partial charge is 0.0379 e. The van der Waals surface area contributed by atoms with Gasteiger partial charge in [0.15, 0.2) is 0 Å². The van der Waals surface area contributed by atoms with E-state index in [4.69, 9.17) is 0 Å². The van der Waals surface area contributed by atoms with E-state index in [1.807, 2.05) is 0 Å². The Kier molecular flexibility index (Phi) is 3.32. The summed E-state index contributed by atoms with van der Waals surface area (Å²) < 4.78 is 0. The number of hydrogen-bond acceptors (Lipinski definition) is 1. The summed E-state index contributed by atoms with van der Waals surface area (Å²) in [6.07, 6.45) is 7.21. The maximum atomic E-state index is 3.66. The molecule has 0 amide bonds. The van der Waals surface area contributed by atoms with Gasteiger partial charge in [0, 0.05) is 18.2 Å². The molecule has 1 aliphatic heterocycles. The molecule has 1 heterocycles. The third-order valence-electron chi connectivity index (χ3n) is 5.05. The maximum absolute atomic E-state index is 3.66. The lowest BCUT2D eigenvalue weighted by Gasteiger charge is -2.27. The van der Waals surface area contributed by atoms with Crippen LogP contribution >= 0.6 is 0 Å². The van der Waals surface area contributed by atoms with Crippen molar-refractivity contribution in [1.82, 2.24) is 0 Å². The summed E-state index contributed by atoms with van der Waals surface area (Å²) in [4.78, 5) is 0. The molecule has 0 spiro atoms. The van der Waals surface area contributed by atoms with Gasteiger partial charge in [-0.05, 0) is 41.4 Å². The van der Waals surface area contributed by atoms with Crippen LogP contribution < -0.4 is 5.32 Å². The maximum Gasteiger partial charge on any atom is 0.0379 e. The molecule has 0 aromatic heterocycles. The van der Waals surface area contributed by atoms with E-state index in [0.717, 1.165) is 18.4 Å². The number of rotatable bonds is 1. The van der Waals surface area contributed by atoms with Gasteiger partial charge in [0.05, 0.1) is 0 Å². The van der Waals surface area contributed by atoms with Gasteiger partial charge < -0.3 is 5.32 Å². The Morgan fingerprint density at radius 1 is 1.05 bits per heavy atom. The molecule has 1 aromatic carbocycles. The van der Waals surface area contributed by atoms with Crippen LogP contribution in [0.2, 0.25) is 0 Å². The normalized spacial score (nSPS) is 24.1. The van der Waals surface area contributed by atoms with Crippen LogP contribution in [0.3, 0.4) is 0 Å². The van der Waals surface area contributed by atoms with Gasteiger partial charge in [-0.3, -0.25) is 0 Å². The molecule has 104 valence electrons. The molecule has 1 atom stereocenters. The van der Waals surface area contributed by atoms with Gasteiger partial charge >= 0.3 is 0 Å². The van der Waals surface area contributed by atoms with Crippen molar-refractivity contribution in [2.75, 3.05) is 11.9 Å². The Labute approximate surface area is 117 Å². The summed E-state index contributed by atoms with van der Waals surface area (Å²) in [7, 11) is 0. The van der Waals surface area contributed by atoms with Crippen molar-refractivity contribution in [3.05, 3.63) is 29.3 Å². The van der Waals surface area contributed by atoms with Gasteiger partial charge in [-0.2, -0.15) is 0 Å². The van der Waals surface area contributed by atoms with E-state index in [1.54, 1.807) is 5.56 Å². The highest BCUT2D eigenvalue weighted by atomic mass is 14.9. The lowest BCUT2D eigenvalue weighted by Crippen LogP contribution is -2.17.